The number of rotatable bonds is 37. The van der Waals surface area contributed by atoms with Gasteiger partial charge in [-0.2, -0.15) is 0 Å². The van der Waals surface area contributed by atoms with E-state index in [1.54, 1.807) is 80.6 Å². The molecule has 4 aliphatic carbocycles. The van der Waals surface area contributed by atoms with Crippen molar-refractivity contribution in [3.63, 3.8) is 0 Å². The summed E-state index contributed by atoms with van der Waals surface area (Å²) in [6.45, 7) is 11.0. The highest BCUT2D eigenvalue weighted by Gasteiger charge is 2.76. The molecule has 1 heterocycles. The zero-order chi connectivity index (χ0) is 79.9. The number of fused-ring (bicyclic) bond motifs is 5. The van der Waals surface area contributed by atoms with Crippen LogP contribution in [0.1, 0.15) is 177 Å². The Labute approximate surface area is 640 Å². The van der Waals surface area contributed by atoms with Crippen molar-refractivity contribution in [1.29, 1.82) is 0 Å². The topological polar surface area (TPSA) is 408 Å². The molecule has 1 aliphatic heterocycles. The van der Waals surface area contributed by atoms with Gasteiger partial charge in [0.15, 0.2) is 5.60 Å². The fourth-order valence-corrected chi connectivity index (χ4v) is 15.9. The lowest BCUT2D eigenvalue weighted by atomic mass is 9.46. The number of aliphatic hydroxyl groups excluding tert-OH is 1. The van der Waals surface area contributed by atoms with Gasteiger partial charge in [0.05, 0.1) is 55.4 Å². The Bertz CT molecular complexity index is 3800. The highest BCUT2D eigenvalue weighted by Crippen LogP contribution is 2.63. The number of benzene rings is 3. The summed E-state index contributed by atoms with van der Waals surface area (Å²) in [5, 5.41) is 41.9. The summed E-state index contributed by atoms with van der Waals surface area (Å²) in [4.78, 5) is 180. The predicted octanol–water partition coefficient (Wildman–Crippen LogP) is 5.36. The normalized spacial score (nSPS) is 25.9. The number of amides is 6. The Balaban J connectivity index is 0.921. The number of hydrogen-bond acceptors (Lipinski definition) is 23. The van der Waals surface area contributed by atoms with E-state index in [1.165, 1.54) is 45.0 Å². The number of unbranched alkanes of at least 4 members (excludes halogenated alkanes) is 2. The van der Waals surface area contributed by atoms with E-state index in [1.807, 2.05) is 13.0 Å². The van der Waals surface area contributed by atoms with E-state index in [2.05, 4.69) is 38.5 Å². The van der Waals surface area contributed by atoms with Crippen LogP contribution in [0.3, 0.4) is 0 Å². The summed E-state index contributed by atoms with van der Waals surface area (Å²) in [5.41, 5.74) is -5.62. The molecule has 2 bridgehead atoms. The molecule has 3 saturated carbocycles. The number of nitrogens with one attached hydrogen (secondary N) is 6. The highest BCUT2D eigenvalue weighted by atomic mass is 16.6. The zero-order valence-corrected chi connectivity index (χ0v) is 63.7. The molecule has 0 radical (unpaired) electrons. The number of esters is 5. The Hall–Kier alpha value is -9.55. The van der Waals surface area contributed by atoms with Crippen LogP contribution in [-0.4, -0.2) is 200 Å². The lowest BCUT2D eigenvalue weighted by molar-refractivity contribution is -0.342. The van der Waals surface area contributed by atoms with Crippen LogP contribution in [0.2, 0.25) is 0 Å². The smallest absolute Gasteiger partial charge is 0.350 e. The van der Waals surface area contributed by atoms with Gasteiger partial charge in [-0.05, 0) is 102 Å². The van der Waals surface area contributed by atoms with Gasteiger partial charge in [0.2, 0.25) is 35.6 Å². The average Bonchev–Trinajstić information content (AvgIpc) is 0.675. The van der Waals surface area contributed by atoms with Crippen molar-refractivity contribution in [1.82, 2.24) is 31.9 Å². The van der Waals surface area contributed by atoms with Crippen LogP contribution in [0.5, 0.6) is 0 Å². The Morgan fingerprint density at radius 1 is 0.718 bits per heavy atom. The standard InChI is InChI=1S/C81H106N6O23/c1-9-12-35-57(85-66(94)45-105-59-37-25-14-13-18-28-52(59)10-2)75(98)84-42-63(91)83-43-64(92)86-58(77(100)104-11-3)36-26-27-38-82-65(93)44-103-46-67(95)108-70(69(53-29-19-15-20-30-53)87-74(97)54-31-21-16-22-32-54)78(101)107-60-41-80(102)50(6)68(49(60)5)56(39-48(4)88)72(96)79(8)61(90)40-62-81(47-106-62,110-51(7)89)71(79)73(80)109-76(99)55-33-23-17-24-34-55/h10,15-17,19-24,29-34,50,52,56-62,69-71,73,90,102H,2,9,11-14,18,25-28,35-47H2,1,3-8H3,(H,82,93)(H,83,91)(H,84,98)(H,85,94)(H,86,92)(H,87,97)/t50-,52?,56-,57+,58+,59?,60?,61+,62-,69?,70-,71+,73+,79-,80+,81+/m1/s1. The van der Waals surface area contributed by atoms with Gasteiger partial charge >= 0.3 is 29.8 Å². The third kappa shape index (κ3) is 21.7. The molecule has 4 unspecified atom stereocenters. The predicted molar refractivity (Wildman–Crippen MR) is 395 cm³/mol. The van der Waals surface area contributed by atoms with Crippen molar-refractivity contribution >= 4 is 76.9 Å². The maximum absolute atomic E-state index is 15.9. The Morgan fingerprint density at radius 3 is 2.00 bits per heavy atom. The first-order valence-electron chi connectivity index (χ1n) is 38.0. The third-order valence-electron chi connectivity index (χ3n) is 21.6. The van der Waals surface area contributed by atoms with Gasteiger partial charge < -0.3 is 80.0 Å². The number of ketones is 2. The molecule has 0 spiro atoms. The van der Waals surface area contributed by atoms with Crippen LogP contribution in [0.25, 0.3) is 0 Å². The largest absolute Gasteiger partial charge is 0.464 e. The Morgan fingerprint density at radius 2 is 1.36 bits per heavy atom. The van der Waals surface area contributed by atoms with E-state index < -0.39 is 199 Å². The molecule has 8 N–H and O–H groups in total. The molecule has 6 amide bonds. The quantitative estimate of drug-likeness (QED) is 0.0156. The molecule has 110 heavy (non-hydrogen) atoms. The summed E-state index contributed by atoms with van der Waals surface area (Å²) in [6.07, 6.45) is 0.268. The lowest BCUT2D eigenvalue weighted by Crippen LogP contribution is -2.80. The van der Waals surface area contributed by atoms with E-state index in [9.17, 15) is 63.0 Å². The van der Waals surface area contributed by atoms with Crippen LogP contribution >= 0.6 is 0 Å². The van der Waals surface area contributed by atoms with Crippen molar-refractivity contribution in [3.8, 4) is 0 Å². The fraction of sp³-hybridized carbons (Fsp3) is 0.568. The van der Waals surface area contributed by atoms with Crippen LogP contribution in [0.15, 0.2) is 115 Å². The first-order chi connectivity index (χ1) is 52.6. The van der Waals surface area contributed by atoms with Crippen molar-refractivity contribution in [2.24, 2.45) is 29.1 Å². The number of Topliss-reactive ketones (excluding diaryl/α,β-unsaturated/α-hetero) is 2. The molecular formula is C81H106N6O23. The summed E-state index contributed by atoms with van der Waals surface area (Å²) in [5.74, 6) is -14.4. The van der Waals surface area contributed by atoms with Crippen molar-refractivity contribution < 1.29 is 110 Å². The number of carbonyl (C=O) groups is 13. The molecule has 16 atom stereocenters. The minimum absolute atomic E-state index is 0.0139. The third-order valence-corrected chi connectivity index (χ3v) is 21.6. The van der Waals surface area contributed by atoms with Gasteiger partial charge in [0, 0.05) is 56.0 Å². The fourth-order valence-electron chi connectivity index (χ4n) is 15.9. The van der Waals surface area contributed by atoms with Gasteiger partial charge in [0.1, 0.15) is 73.4 Å². The molecule has 3 aromatic rings. The van der Waals surface area contributed by atoms with Crippen LogP contribution < -0.4 is 31.9 Å². The van der Waals surface area contributed by atoms with Gasteiger partial charge in [-0.1, -0.05) is 131 Å². The molecule has 598 valence electrons. The molecule has 5 aliphatic rings. The summed E-state index contributed by atoms with van der Waals surface area (Å²) < 4.78 is 47.7. The summed E-state index contributed by atoms with van der Waals surface area (Å²) in [7, 11) is 0. The van der Waals surface area contributed by atoms with Crippen LogP contribution in [-0.2, 0) is 90.6 Å². The minimum Gasteiger partial charge on any atom is -0.464 e. The maximum Gasteiger partial charge on any atom is 0.350 e. The molecule has 29 heteroatoms. The van der Waals surface area contributed by atoms with E-state index in [4.69, 9.17) is 37.9 Å². The number of hydrogen-bond donors (Lipinski definition) is 8. The van der Waals surface area contributed by atoms with Crippen LogP contribution in [0, 0.1) is 29.1 Å². The zero-order valence-electron chi connectivity index (χ0n) is 63.7. The summed E-state index contributed by atoms with van der Waals surface area (Å²) >= 11 is 0. The number of carbonyl (C=O) groups excluding carboxylic acids is 13. The molecule has 0 aromatic heterocycles. The van der Waals surface area contributed by atoms with Crippen molar-refractivity contribution in [2.45, 2.75) is 211 Å². The highest BCUT2D eigenvalue weighted by molar-refractivity contribution is 5.97. The number of ether oxygens (including phenoxy) is 8. The SMILES string of the molecule is C=CC1CCCCCCC1OCC(=O)N[C@@H](CCCC)C(=O)NCC(=O)NCC(=O)N[C@@H](CCCCNC(=O)COCC(=O)O[C@@H](C(=O)OC1C[C@]2(O)[C@H](C)C(=C1C)[C@@H](CC(C)=O)C(=O)[C@@]1(C)[C@H]([C@@H]2OC(=O)c2ccccc2)[C@]2(OC(C)=O)CO[C@@H]2C[C@@H]1O)C(NC(=O)c1ccccc1)c1ccccc1)C(=O)OCC. The monoisotopic (exact) mass is 1530 g/mol. The summed E-state index contributed by atoms with van der Waals surface area (Å²) in [6, 6.07) is 19.9. The van der Waals surface area contributed by atoms with Crippen molar-refractivity contribution in [3.05, 3.63) is 131 Å². The van der Waals surface area contributed by atoms with E-state index in [-0.39, 0.29) is 91.9 Å². The number of aliphatic hydroxyl groups is 2. The second kappa shape index (κ2) is 40.4. The first kappa shape index (κ1) is 86.0. The van der Waals surface area contributed by atoms with Gasteiger partial charge in [-0.3, -0.25) is 43.2 Å². The second-order valence-corrected chi connectivity index (χ2v) is 29.2. The molecule has 3 aromatic carbocycles. The maximum atomic E-state index is 15.9. The van der Waals surface area contributed by atoms with E-state index in [0.29, 0.717) is 12.8 Å². The molecule has 1 saturated heterocycles. The van der Waals surface area contributed by atoms with Gasteiger partial charge in [-0.15, -0.1) is 6.58 Å². The van der Waals surface area contributed by atoms with Gasteiger partial charge in [-0.25, -0.2) is 19.2 Å². The average molecular weight is 1530 g/mol. The molecule has 8 rings (SSSR count). The van der Waals surface area contributed by atoms with Crippen LogP contribution in [0.4, 0.5) is 0 Å². The molecular weight excluding hydrogens is 1420 g/mol. The minimum atomic E-state index is -2.43. The first-order valence-corrected chi connectivity index (χ1v) is 38.0. The second-order valence-electron chi connectivity index (χ2n) is 29.2. The molecule has 4 fully saturated rings. The van der Waals surface area contributed by atoms with E-state index >= 15 is 9.59 Å². The molecule has 29 nitrogen and oxygen atoms in total. The lowest BCUT2D eigenvalue weighted by Gasteiger charge is -2.66. The van der Waals surface area contributed by atoms with Crippen molar-refractivity contribution in [2.75, 3.05) is 52.7 Å². The van der Waals surface area contributed by atoms with Gasteiger partial charge in [0.25, 0.3) is 5.91 Å². The van der Waals surface area contributed by atoms with E-state index in [0.717, 1.165) is 51.9 Å². The Kier molecular flexibility index (Phi) is 31.6.